The molecule has 7 nitrogen and oxygen atoms in total. The number of carbonyl (C=O) groups is 1. The summed E-state index contributed by atoms with van der Waals surface area (Å²) in [5.74, 6) is -0.343. The molecule has 0 bridgehead atoms. The van der Waals surface area contributed by atoms with Crippen LogP contribution in [0.15, 0.2) is 65.5 Å². The van der Waals surface area contributed by atoms with Gasteiger partial charge in [-0.1, -0.05) is 53.6 Å². The lowest BCUT2D eigenvalue weighted by atomic mass is 10.1. The number of halogens is 1. The summed E-state index contributed by atoms with van der Waals surface area (Å²) in [7, 11) is 0. The molecule has 2 heterocycles. The maximum atomic E-state index is 12.9. The first-order chi connectivity index (χ1) is 14.9. The fraction of sp³-hybridized carbons (Fsp3) is 0.130. The summed E-state index contributed by atoms with van der Waals surface area (Å²) in [6, 6.07) is 18.3. The summed E-state index contributed by atoms with van der Waals surface area (Å²) in [4.78, 5) is 24.2. The highest BCUT2D eigenvalue weighted by molar-refractivity contribution is 6.33. The highest BCUT2D eigenvalue weighted by atomic mass is 35.5. The summed E-state index contributed by atoms with van der Waals surface area (Å²) < 4.78 is 1.62. The molecule has 156 valence electrons. The minimum absolute atomic E-state index is 0.277. The van der Waals surface area contributed by atoms with E-state index < -0.39 is 0 Å². The minimum Gasteiger partial charge on any atom is -0.322 e. The standard InChI is InChI=1S/C23H20ClN5O2/c1-14-6-8-16(9-7-14)13-29-22(24)21(15(2)28-29)23(31)25-18-5-3-4-17(12-18)19-10-11-20(30)27-26-19/h3-12H,13H2,1-2H3,(H,25,31)(H,27,30). The van der Waals surface area contributed by atoms with Crippen molar-refractivity contribution in [3.05, 3.63) is 98.6 Å². The fourth-order valence-electron chi connectivity index (χ4n) is 3.24. The van der Waals surface area contributed by atoms with Crippen LogP contribution in [0.5, 0.6) is 0 Å². The van der Waals surface area contributed by atoms with E-state index in [1.807, 2.05) is 37.3 Å². The largest absolute Gasteiger partial charge is 0.322 e. The van der Waals surface area contributed by atoms with Gasteiger partial charge in [0.2, 0.25) is 0 Å². The van der Waals surface area contributed by atoms with E-state index in [1.54, 1.807) is 35.9 Å². The van der Waals surface area contributed by atoms with Gasteiger partial charge < -0.3 is 5.32 Å². The van der Waals surface area contributed by atoms with Crippen molar-refractivity contribution in [3.63, 3.8) is 0 Å². The van der Waals surface area contributed by atoms with Crippen molar-refractivity contribution in [3.8, 4) is 11.3 Å². The first kappa shape index (κ1) is 20.6. The van der Waals surface area contributed by atoms with Gasteiger partial charge in [0, 0.05) is 17.3 Å². The van der Waals surface area contributed by atoms with Crippen molar-refractivity contribution < 1.29 is 4.79 Å². The lowest BCUT2D eigenvalue weighted by molar-refractivity contribution is 0.102. The van der Waals surface area contributed by atoms with Crippen LogP contribution >= 0.6 is 11.6 Å². The zero-order valence-corrected chi connectivity index (χ0v) is 17.8. The molecular weight excluding hydrogens is 414 g/mol. The summed E-state index contributed by atoms with van der Waals surface area (Å²) >= 11 is 6.51. The normalized spacial score (nSPS) is 10.8. The molecule has 0 saturated carbocycles. The van der Waals surface area contributed by atoms with Gasteiger partial charge in [-0.15, -0.1) is 0 Å². The van der Waals surface area contributed by atoms with Gasteiger partial charge in [0.05, 0.1) is 23.5 Å². The Bertz CT molecular complexity index is 1290. The van der Waals surface area contributed by atoms with Crippen LogP contribution in [0.3, 0.4) is 0 Å². The van der Waals surface area contributed by atoms with Gasteiger partial charge >= 0.3 is 0 Å². The number of nitrogens with one attached hydrogen (secondary N) is 2. The molecule has 2 aromatic heterocycles. The summed E-state index contributed by atoms with van der Waals surface area (Å²) in [5.41, 5.74) is 4.75. The molecule has 0 aliphatic carbocycles. The predicted molar refractivity (Wildman–Crippen MR) is 121 cm³/mol. The number of aryl methyl sites for hydroxylation is 2. The lowest BCUT2D eigenvalue weighted by Gasteiger charge is -2.08. The number of carbonyl (C=O) groups excluding carboxylic acids is 1. The fourth-order valence-corrected chi connectivity index (χ4v) is 3.56. The molecule has 0 aliphatic heterocycles. The molecule has 2 N–H and O–H groups in total. The van der Waals surface area contributed by atoms with Crippen LogP contribution in [0.2, 0.25) is 5.15 Å². The number of amides is 1. The number of hydrogen-bond donors (Lipinski definition) is 2. The van der Waals surface area contributed by atoms with Crippen molar-refractivity contribution in [1.29, 1.82) is 0 Å². The lowest BCUT2D eigenvalue weighted by Crippen LogP contribution is -2.13. The van der Waals surface area contributed by atoms with Crippen molar-refractivity contribution >= 4 is 23.2 Å². The van der Waals surface area contributed by atoms with E-state index in [0.29, 0.717) is 29.2 Å². The van der Waals surface area contributed by atoms with Gasteiger partial charge in [0.1, 0.15) is 5.15 Å². The quantitative estimate of drug-likeness (QED) is 0.493. The molecule has 4 rings (SSSR count). The second-order valence-electron chi connectivity index (χ2n) is 7.24. The molecule has 8 heteroatoms. The zero-order chi connectivity index (χ0) is 22.0. The van der Waals surface area contributed by atoms with Gasteiger partial charge in [0.15, 0.2) is 0 Å². The predicted octanol–water partition coefficient (Wildman–Crippen LogP) is 4.20. The van der Waals surface area contributed by atoms with E-state index in [2.05, 4.69) is 20.6 Å². The molecule has 2 aromatic carbocycles. The SMILES string of the molecule is Cc1ccc(Cn2nc(C)c(C(=O)Nc3cccc(-c4ccc(=O)[nH]n4)c3)c2Cl)cc1. The molecule has 0 spiro atoms. The van der Waals surface area contributed by atoms with E-state index in [1.165, 1.54) is 11.6 Å². The molecule has 4 aromatic rings. The number of nitrogens with zero attached hydrogens (tertiary/aromatic N) is 3. The molecule has 0 unspecified atom stereocenters. The Balaban J connectivity index is 1.56. The third kappa shape index (κ3) is 4.57. The average molecular weight is 434 g/mol. The van der Waals surface area contributed by atoms with Crippen molar-refractivity contribution in [2.45, 2.75) is 20.4 Å². The van der Waals surface area contributed by atoms with E-state index in [0.717, 1.165) is 11.1 Å². The van der Waals surface area contributed by atoms with Crippen LogP contribution in [-0.4, -0.2) is 25.9 Å². The van der Waals surface area contributed by atoms with Crippen molar-refractivity contribution in [2.24, 2.45) is 0 Å². The Morgan fingerprint density at radius 3 is 2.58 bits per heavy atom. The van der Waals surface area contributed by atoms with Gasteiger partial charge in [-0.25, -0.2) is 9.78 Å². The molecule has 0 atom stereocenters. The first-order valence-corrected chi connectivity index (χ1v) is 10.0. The number of anilines is 1. The maximum absolute atomic E-state index is 12.9. The third-order valence-electron chi connectivity index (χ3n) is 4.84. The first-order valence-electron chi connectivity index (χ1n) is 9.66. The number of aromatic amines is 1. The highest BCUT2D eigenvalue weighted by Crippen LogP contribution is 2.24. The van der Waals surface area contributed by atoms with Crippen LogP contribution in [-0.2, 0) is 6.54 Å². The summed E-state index contributed by atoms with van der Waals surface area (Å²) in [6.07, 6.45) is 0. The molecule has 1 amide bonds. The van der Waals surface area contributed by atoms with Crippen LogP contribution in [0, 0.1) is 13.8 Å². The zero-order valence-electron chi connectivity index (χ0n) is 17.0. The average Bonchev–Trinajstić information content (AvgIpc) is 3.03. The van der Waals surface area contributed by atoms with Crippen molar-refractivity contribution in [2.75, 3.05) is 5.32 Å². The number of benzene rings is 2. The topological polar surface area (TPSA) is 92.7 Å². The Labute approximate surface area is 183 Å². The molecule has 31 heavy (non-hydrogen) atoms. The smallest absolute Gasteiger partial charge is 0.264 e. The van der Waals surface area contributed by atoms with E-state index in [4.69, 9.17) is 11.6 Å². The summed E-state index contributed by atoms with van der Waals surface area (Å²) in [6.45, 7) is 4.26. The minimum atomic E-state index is -0.343. The number of aromatic nitrogens is 4. The molecule has 0 fully saturated rings. The van der Waals surface area contributed by atoms with E-state index in [-0.39, 0.29) is 16.6 Å². The second-order valence-corrected chi connectivity index (χ2v) is 7.59. The molecular formula is C23H20ClN5O2. The van der Waals surface area contributed by atoms with Crippen LogP contribution in [0.25, 0.3) is 11.3 Å². The number of hydrogen-bond acceptors (Lipinski definition) is 4. The third-order valence-corrected chi connectivity index (χ3v) is 5.22. The molecule has 0 aliphatic rings. The Hall–Kier alpha value is -3.71. The monoisotopic (exact) mass is 433 g/mol. The van der Waals surface area contributed by atoms with Gasteiger partial charge in [-0.3, -0.25) is 9.59 Å². The molecule has 0 radical (unpaired) electrons. The summed E-state index contributed by atoms with van der Waals surface area (Å²) in [5, 5.41) is 14.0. The second kappa shape index (κ2) is 8.57. The number of H-pyrrole nitrogens is 1. The van der Waals surface area contributed by atoms with Gasteiger partial charge in [-0.05, 0) is 37.6 Å². The van der Waals surface area contributed by atoms with Crippen LogP contribution in [0.4, 0.5) is 5.69 Å². The Morgan fingerprint density at radius 2 is 1.87 bits per heavy atom. The van der Waals surface area contributed by atoms with Crippen LogP contribution in [0.1, 0.15) is 27.2 Å². The Morgan fingerprint density at radius 1 is 1.10 bits per heavy atom. The van der Waals surface area contributed by atoms with Crippen molar-refractivity contribution in [1.82, 2.24) is 20.0 Å². The van der Waals surface area contributed by atoms with Crippen LogP contribution < -0.4 is 10.9 Å². The van der Waals surface area contributed by atoms with E-state index >= 15 is 0 Å². The van der Waals surface area contributed by atoms with Gasteiger partial charge in [0.25, 0.3) is 11.5 Å². The van der Waals surface area contributed by atoms with E-state index in [9.17, 15) is 9.59 Å². The van der Waals surface area contributed by atoms with Gasteiger partial charge in [-0.2, -0.15) is 10.2 Å². The maximum Gasteiger partial charge on any atom is 0.264 e. The Kier molecular flexibility index (Phi) is 5.68. The molecule has 0 saturated heterocycles. The number of rotatable bonds is 5. The highest BCUT2D eigenvalue weighted by Gasteiger charge is 2.20.